The minimum atomic E-state index is -1.22. The summed E-state index contributed by atoms with van der Waals surface area (Å²) in [6, 6.07) is 8.91. The smallest absolute Gasteiger partial charge is 0.337 e. The van der Waals surface area contributed by atoms with Crippen LogP contribution in [0.4, 0.5) is 11.4 Å². The van der Waals surface area contributed by atoms with Gasteiger partial charge < -0.3 is 25.2 Å². The number of aromatic carboxylic acids is 1. The van der Waals surface area contributed by atoms with Crippen molar-refractivity contribution >= 4 is 29.2 Å². The molecule has 8 heteroatoms. The Morgan fingerprint density at radius 1 is 0.963 bits per heavy atom. The first-order valence-electron chi connectivity index (χ1n) is 8.10. The number of carbonyl (C=O) groups excluding carboxylic acids is 2. The highest BCUT2D eigenvalue weighted by molar-refractivity contribution is 6.08. The first-order chi connectivity index (χ1) is 12.9. The topological polar surface area (TPSA) is 114 Å². The molecule has 0 aromatic heterocycles. The molecule has 3 N–H and O–H groups in total. The summed E-state index contributed by atoms with van der Waals surface area (Å²) in [5.41, 5.74) is 0.813. The number of anilines is 2. The zero-order chi connectivity index (χ0) is 20.0. The third-order valence-corrected chi connectivity index (χ3v) is 3.75. The van der Waals surface area contributed by atoms with Crippen molar-refractivity contribution in [2.24, 2.45) is 0 Å². The van der Waals surface area contributed by atoms with Crippen LogP contribution in [0.2, 0.25) is 0 Å². The average molecular weight is 372 g/mol. The number of nitrogens with one attached hydrogen (secondary N) is 2. The average Bonchev–Trinajstić information content (AvgIpc) is 2.67. The Balaban J connectivity index is 2.26. The van der Waals surface area contributed by atoms with Crippen molar-refractivity contribution in [1.82, 2.24) is 0 Å². The standard InChI is InChI=1S/C19H20N2O6/c1-4-17(22)20-12-7-5-11(6-8-12)18(23)21-14-10-16(27-3)15(26-2)9-13(14)19(24)25/h5-10H,4H2,1-3H3,(H,20,22)(H,21,23)(H,24,25). The Kier molecular flexibility index (Phi) is 6.37. The first kappa shape index (κ1) is 19.8. The van der Waals surface area contributed by atoms with Crippen molar-refractivity contribution in [3.05, 3.63) is 47.5 Å². The summed E-state index contributed by atoms with van der Waals surface area (Å²) >= 11 is 0. The number of hydrogen-bond donors (Lipinski definition) is 3. The van der Waals surface area contributed by atoms with E-state index in [9.17, 15) is 19.5 Å². The Hall–Kier alpha value is -3.55. The fourth-order valence-electron chi connectivity index (χ4n) is 2.31. The van der Waals surface area contributed by atoms with E-state index in [1.807, 2.05) is 0 Å². The monoisotopic (exact) mass is 372 g/mol. The molecule has 2 amide bonds. The number of methoxy groups -OCH3 is 2. The second kappa shape index (κ2) is 8.70. The molecule has 0 saturated heterocycles. The van der Waals surface area contributed by atoms with Gasteiger partial charge >= 0.3 is 5.97 Å². The second-order valence-electron chi connectivity index (χ2n) is 5.49. The van der Waals surface area contributed by atoms with Crippen molar-refractivity contribution < 1.29 is 29.0 Å². The van der Waals surface area contributed by atoms with Crippen molar-refractivity contribution in [3.8, 4) is 11.5 Å². The Bertz CT molecular complexity index is 861. The van der Waals surface area contributed by atoms with E-state index in [0.717, 1.165) is 0 Å². The molecule has 0 radical (unpaired) electrons. The molecule has 0 bridgehead atoms. The van der Waals surface area contributed by atoms with Crippen LogP contribution in [0.5, 0.6) is 11.5 Å². The minimum Gasteiger partial charge on any atom is -0.493 e. The molecule has 2 aromatic rings. The lowest BCUT2D eigenvalue weighted by atomic mass is 10.1. The fraction of sp³-hybridized carbons (Fsp3) is 0.211. The van der Waals surface area contributed by atoms with Crippen molar-refractivity contribution in [2.45, 2.75) is 13.3 Å². The molecular formula is C19H20N2O6. The quantitative estimate of drug-likeness (QED) is 0.688. The maximum atomic E-state index is 12.5. The van der Waals surface area contributed by atoms with E-state index in [-0.39, 0.29) is 28.7 Å². The molecule has 0 heterocycles. The highest BCUT2D eigenvalue weighted by Gasteiger charge is 2.18. The maximum absolute atomic E-state index is 12.5. The molecule has 0 aliphatic rings. The Labute approximate surface area is 156 Å². The molecule has 0 aliphatic carbocycles. The Morgan fingerprint density at radius 3 is 2.07 bits per heavy atom. The van der Waals surface area contributed by atoms with Crippen LogP contribution in [0, 0.1) is 0 Å². The number of benzene rings is 2. The van der Waals surface area contributed by atoms with E-state index in [1.54, 1.807) is 19.1 Å². The van der Waals surface area contributed by atoms with Gasteiger partial charge in [0.15, 0.2) is 11.5 Å². The van der Waals surface area contributed by atoms with E-state index in [4.69, 9.17) is 9.47 Å². The number of carbonyl (C=O) groups is 3. The van der Waals surface area contributed by atoms with Gasteiger partial charge in [-0.15, -0.1) is 0 Å². The van der Waals surface area contributed by atoms with Gasteiger partial charge in [-0.05, 0) is 24.3 Å². The highest BCUT2D eigenvalue weighted by atomic mass is 16.5. The third-order valence-electron chi connectivity index (χ3n) is 3.75. The zero-order valence-corrected chi connectivity index (χ0v) is 15.2. The predicted molar refractivity (Wildman–Crippen MR) is 99.8 cm³/mol. The first-order valence-corrected chi connectivity index (χ1v) is 8.10. The molecular weight excluding hydrogens is 352 g/mol. The molecule has 0 unspecified atom stereocenters. The summed E-state index contributed by atoms with van der Waals surface area (Å²) in [5, 5.41) is 14.6. The zero-order valence-electron chi connectivity index (χ0n) is 15.2. The maximum Gasteiger partial charge on any atom is 0.337 e. The summed E-state index contributed by atoms with van der Waals surface area (Å²) in [6.07, 6.45) is 0.347. The van der Waals surface area contributed by atoms with Crippen LogP contribution in [0.3, 0.4) is 0 Å². The van der Waals surface area contributed by atoms with E-state index in [0.29, 0.717) is 17.7 Å². The van der Waals surface area contributed by atoms with Crippen molar-refractivity contribution in [3.63, 3.8) is 0 Å². The van der Waals surface area contributed by atoms with Gasteiger partial charge in [-0.3, -0.25) is 9.59 Å². The summed E-state index contributed by atoms with van der Waals surface area (Å²) in [6.45, 7) is 1.74. The van der Waals surface area contributed by atoms with Crippen LogP contribution in [-0.4, -0.2) is 37.1 Å². The lowest BCUT2D eigenvalue weighted by Crippen LogP contribution is -2.15. The summed E-state index contributed by atoms with van der Waals surface area (Å²) in [5.74, 6) is -1.33. The van der Waals surface area contributed by atoms with Crippen molar-refractivity contribution in [1.29, 1.82) is 0 Å². The summed E-state index contributed by atoms with van der Waals surface area (Å²) < 4.78 is 10.2. The third kappa shape index (κ3) is 4.75. The highest BCUT2D eigenvalue weighted by Crippen LogP contribution is 2.33. The van der Waals surface area contributed by atoms with Crippen LogP contribution >= 0.6 is 0 Å². The number of rotatable bonds is 7. The Morgan fingerprint density at radius 2 is 1.56 bits per heavy atom. The van der Waals surface area contributed by atoms with Gasteiger partial charge in [0, 0.05) is 29.8 Å². The second-order valence-corrected chi connectivity index (χ2v) is 5.49. The molecule has 0 atom stereocenters. The van der Waals surface area contributed by atoms with E-state index >= 15 is 0 Å². The van der Waals surface area contributed by atoms with Gasteiger partial charge in [-0.25, -0.2) is 4.79 Å². The van der Waals surface area contributed by atoms with E-state index in [1.165, 1.54) is 38.5 Å². The molecule has 2 rings (SSSR count). The molecule has 2 aromatic carbocycles. The van der Waals surface area contributed by atoms with Crippen LogP contribution in [0.15, 0.2) is 36.4 Å². The van der Waals surface area contributed by atoms with Gasteiger partial charge in [0.1, 0.15) is 0 Å². The molecule has 0 fully saturated rings. The van der Waals surface area contributed by atoms with E-state index < -0.39 is 11.9 Å². The van der Waals surface area contributed by atoms with Crippen LogP contribution in [0.1, 0.15) is 34.1 Å². The van der Waals surface area contributed by atoms with Crippen LogP contribution < -0.4 is 20.1 Å². The number of ether oxygens (including phenoxy) is 2. The number of amides is 2. The van der Waals surface area contributed by atoms with Crippen LogP contribution in [-0.2, 0) is 4.79 Å². The van der Waals surface area contributed by atoms with Gasteiger partial charge in [0.25, 0.3) is 5.91 Å². The molecule has 27 heavy (non-hydrogen) atoms. The largest absolute Gasteiger partial charge is 0.493 e. The molecule has 142 valence electrons. The van der Waals surface area contributed by atoms with Gasteiger partial charge in [0.05, 0.1) is 25.5 Å². The van der Waals surface area contributed by atoms with E-state index in [2.05, 4.69) is 10.6 Å². The van der Waals surface area contributed by atoms with Crippen molar-refractivity contribution in [2.75, 3.05) is 24.9 Å². The van der Waals surface area contributed by atoms with Crippen LogP contribution in [0.25, 0.3) is 0 Å². The number of carboxylic acid groups (broad SMARTS) is 1. The molecule has 8 nitrogen and oxygen atoms in total. The van der Waals surface area contributed by atoms with Gasteiger partial charge in [-0.1, -0.05) is 6.92 Å². The summed E-state index contributed by atoms with van der Waals surface area (Å²) in [7, 11) is 2.80. The molecule has 0 spiro atoms. The predicted octanol–water partition coefficient (Wildman–Crippen LogP) is 3.00. The molecule has 0 saturated carbocycles. The van der Waals surface area contributed by atoms with Gasteiger partial charge in [0.2, 0.25) is 5.91 Å². The fourth-order valence-corrected chi connectivity index (χ4v) is 2.31. The number of carboxylic acids is 1. The minimum absolute atomic E-state index is 0.0773. The number of hydrogen-bond acceptors (Lipinski definition) is 5. The lowest BCUT2D eigenvalue weighted by Gasteiger charge is -2.14. The lowest BCUT2D eigenvalue weighted by molar-refractivity contribution is -0.115. The van der Waals surface area contributed by atoms with Gasteiger partial charge in [-0.2, -0.15) is 0 Å². The SMILES string of the molecule is CCC(=O)Nc1ccc(C(=O)Nc2cc(OC)c(OC)cc2C(=O)O)cc1. The summed E-state index contributed by atoms with van der Waals surface area (Å²) in [4.78, 5) is 35.4. The molecule has 0 aliphatic heterocycles. The normalized spacial score (nSPS) is 10.0.